The van der Waals surface area contributed by atoms with Crippen molar-refractivity contribution in [1.82, 2.24) is 10.6 Å². The van der Waals surface area contributed by atoms with Crippen molar-refractivity contribution in [2.24, 2.45) is 0 Å². The van der Waals surface area contributed by atoms with E-state index < -0.39 is 0 Å². The molecular formula is C13H18BrFN2O. The highest BCUT2D eigenvalue weighted by Gasteiger charge is 2.03. The first kappa shape index (κ1) is 15.1. The molecule has 0 aliphatic rings. The second-order valence-electron chi connectivity index (χ2n) is 4.43. The van der Waals surface area contributed by atoms with Gasteiger partial charge in [-0.3, -0.25) is 4.79 Å². The highest BCUT2D eigenvalue weighted by atomic mass is 79.9. The number of nitrogens with one attached hydrogen (secondary N) is 2. The molecule has 0 spiro atoms. The summed E-state index contributed by atoms with van der Waals surface area (Å²) >= 11 is 3.24. The van der Waals surface area contributed by atoms with E-state index in [1.807, 2.05) is 19.9 Å². The van der Waals surface area contributed by atoms with Crippen LogP contribution in [0, 0.1) is 5.82 Å². The quantitative estimate of drug-likeness (QED) is 0.792. The molecule has 0 aliphatic carbocycles. The molecule has 1 rings (SSSR count). The van der Waals surface area contributed by atoms with Crippen molar-refractivity contribution in [3.63, 3.8) is 0 Å². The molecule has 0 radical (unpaired) electrons. The minimum atomic E-state index is -0.265. The number of halogens is 2. The first-order valence-electron chi connectivity index (χ1n) is 5.92. The SMILES string of the molecule is CC(C)NC(=O)CCNCc1cc(F)cc(Br)c1. The molecule has 0 unspecified atom stereocenters. The molecule has 1 amide bonds. The Morgan fingerprint density at radius 2 is 2.11 bits per heavy atom. The molecule has 2 N–H and O–H groups in total. The van der Waals surface area contributed by atoms with Gasteiger partial charge < -0.3 is 10.6 Å². The van der Waals surface area contributed by atoms with E-state index >= 15 is 0 Å². The van der Waals surface area contributed by atoms with E-state index in [9.17, 15) is 9.18 Å². The molecule has 100 valence electrons. The van der Waals surface area contributed by atoms with Crippen LogP contribution in [0.25, 0.3) is 0 Å². The summed E-state index contributed by atoms with van der Waals surface area (Å²) in [7, 11) is 0. The highest BCUT2D eigenvalue weighted by Crippen LogP contribution is 2.14. The van der Waals surface area contributed by atoms with Gasteiger partial charge in [-0.15, -0.1) is 0 Å². The Balaban J connectivity index is 2.27. The largest absolute Gasteiger partial charge is 0.354 e. The van der Waals surface area contributed by atoms with Crippen molar-refractivity contribution in [1.29, 1.82) is 0 Å². The monoisotopic (exact) mass is 316 g/mol. The van der Waals surface area contributed by atoms with E-state index in [4.69, 9.17) is 0 Å². The van der Waals surface area contributed by atoms with Crippen molar-refractivity contribution in [3.8, 4) is 0 Å². The van der Waals surface area contributed by atoms with E-state index in [0.29, 0.717) is 19.5 Å². The third-order valence-electron chi connectivity index (χ3n) is 2.23. The van der Waals surface area contributed by atoms with Crippen LogP contribution < -0.4 is 10.6 Å². The van der Waals surface area contributed by atoms with Gasteiger partial charge >= 0.3 is 0 Å². The summed E-state index contributed by atoms with van der Waals surface area (Å²) in [6.07, 6.45) is 0.425. The van der Waals surface area contributed by atoms with E-state index in [2.05, 4.69) is 26.6 Å². The fourth-order valence-electron chi connectivity index (χ4n) is 1.54. The van der Waals surface area contributed by atoms with E-state index in [1.54, 1.807) is 0 Å². The minimum Gasteiger partial charge on any atom is -0.354 e. The van der Waals surface area contributed by atoms with Crippen molar-refractivity contribution >= 4 is 21.8 Å². The number of hydrogen-bond donors (Lipinski definition) is 2. The van der Waals surface area contributed by atoms with Crippen molar-refractivity contribution in [3.05, 3.63) is 34.1 Å². The second kappa shape index (κ2) is 7.48. The van der Waals surface area contributed by atoms with Gasteiger partial charge in [0, 0.05) is 30.0 Å². The smallest absolute Gasteiger partial charge is 0.221 e. The summed E-state index contributed by atoms with van der Waals surface area (Å²) in [5.41, 5.74) is 0.853. The highest BCUT2D eigenvalue weighted by molar-refractivity contribution is 9.10. The van der Waals surface area contributed by atoms with Crippen LogP contribution in [-0.4, -0.2) is 18.5 Å². The van der Waals surface area contributed by atoms with Gasteiger partial charge in [0.25, 0.3) is 0 Å². The minimum absolute atomic E-state index is 0.0259. The van der Waals surface area contributed by atoms with E-state index in [-0.39, 0.29) is 17.8 Å². The Bertz CT molecular complexity index is 390. The molecule has 0 saturated carbocycles. The van der Waals surface area contributed by atoms with Gasteiger partial charge in [0.05, 0.1) is 0 Å². The summed E-state index contributed by atoms with van der Waals surface area (Å²) in [6.45, 7) is 4.98. The fraction of sp³-hybridized carbons (Fsp3) is 0.462. The summed E-state index contributed by atoms with van der Waals surface area (Å²) in [6, 6.07) is 4.91. The number of rotatable bonds is 6. The standard InChI is InChI=1S/C13H18BrFN2O/c1-9(2)17-13(18)3-4-16-8-10-5-11(14)7-12(15)6-10/h5-7,9,16H,3-4,8H2,1-2H3,(H,17,18). The molecule has 18 heavy (non-hydrogen) atoms. The zero-order valence-electron chi connectivity index (χ0n) is 10.6. The van der Waals surface area contributed by atoms with Crippen LogP contribution in [0.4, 0.5) is 4.39 Å². The lowest BCUT2D eigenvalue weighted by Gasteiger charge is -2.09. The number of carbonyl (C=O) groups is 1. The number of hydrogen-bond acceptors (Lipinski definition) is 2. The van der Waals surface area contributed by atoms with Gasteiger partial charge in [-0.05, 0) is 37.6 Å². The van der Waals surface area contributed by atoms with Crippen LogP contribution in [0.3, 0.4) is 0 Å². The molecule has 0 aliphatic heterocycles. The average Bonchev–Trinajstić information content (AvgIpc) is 2.22. The lowest BCUT2D eigenvalue weighted by Crippen LogP contribution is -2.32. The van der Waals surface area contributed by atoms with Crippen LogP contribution in [0.15, 0.2) is 22.7 Å². The molecule has 0 bridgehead atoms. The summed E-state index contributed by atoms with van der Waals surface area (Å²) < 4.78 is 13.8. The zero-order valence-corrected chi connectivity index (χ0v) is 12.2. The predicted octanol–water partition coefficient (Wildman–Crippen LogP) is 2.59. The Labute approximate surface area is 115 Å². The Hall–Kier alpha value is -0.940. The number of carbonyl (C=O) groups excluding carboxylic acids is 1. The molecule has 1 aromatic rings. The Morgan fingerprint density at radius 3 is 2.72 bits per heavy atom. The molecule has 5 heteroatoms. The van der Waals surface area contributed by atoms with Crippen LogP contribution in [0.5, 0.6) is 0 Å². The van der Waals surface area contributed by atoms with Gasteiger partial charge in [-0.2, -0.15) is 0 Å². The molecule has 0 aromatic heterocycles. The van der Waals surface area contributed by atoms with Crippen LogP contribution in [0.1, 0.15) is 25.8 Å². The second-order valence-corrected chi connectivity index (χ2v) is 5.34. The first-order valence-corrected chi connectivity index (χ1v) is 6.71. The third kappa shape index (κ3) is 6.12. The lowest BCUT2D eigenvalue weighted by atomic mass is 10.2. The molecule has 0 atom stereocenters. The maximum atomic E-state index is 13.1. The van der Waals surface area contributed by atoms with Gasteiger partial charge in [0.15, 0.2) is 0 Å². The van der Waals surface area contributed by atoms with Crippen LogP contribution in [-0.2, 0) is 11.3 Å². The molecular weight excluding hydrogens is 299 g/mol. The Kier molecular flexibility index (Phi) is 6.29. The maximum Gasteiger partial charge on any atom is 0.221 e. The first-order chi connectivity index (χ1) is 8.47. The summed E-state index contributed by atoms with van der Waals surface area (Å²) in [5.74, 6) is -0.239. The average molecular weight is 317 g/mol. The van der Waals surface area contributed by atoms with Crippen LogP contribution >= 0.6 is 15.9 Å². The summed E-state index contributed by atoms with van der Waals surface area (Å²) in [5, 5.41) is 5.93. The molecule has 0 saturated heterocycles. The van der Waals surface area contributed by atoms with Crippen molar-refractivity contribution in [2.75, 3.05) is 6.54 Å². The Morgan fingerprint density at radius 1 is 1.39 bits per heavy atom. The van der Waals surface area contributed by atoms with E-state index in [1.165, 1.54) is 12.1 Å². The van der Waals surface area contributed by atoms with Crippen molar-refractivity contribution in [2.45, 2.75) is 32.9 Å². The number of amides is 1. The lowest BCUT2D eigenvalue weighted by molar-refractivity contribution is -0.121. The van der Waals surface area contributed by atoms with E-state index in [0.717, 1.165) is 10.0 Å². The topological polar surface area (TPSA) is 41.1 Å². The van der Waals surface area contributed by atoms with Crippen molar-refractivity contribution < 1.29 is 9.18 Å². The number of benzene rings is 1. The summed E-state index contributed by atoms with van der Waals surface area (Å²) in [4.78, 5) is 11.4. The van der Waals surface area contributed by atoms with Gasteiger partial charge in [-0.1, -0.05) is 15.9 Å². The van der Waals surface area contributed by atoms with Crippen LogP contribution in [0.2, 0.25) is 0 Å². The molecule has 1 aromatic carbocycles. The molecule has 0 fully saturated rings. The van der Waals surface area contributed by atoms with Gasteiger partial charge in [0.1, 0.15) is 5.82 Å². The normalized spacial score (nSPS) is 10.7. The molecule has 3 nitrogen and oxygen atoms in total. The maximum absolute atomic E-state index is 13.1. The van der Waals surface area contributed by atoms with Gasteiger partial charge in [-0.25, -0.2) is 4.39 Å². The fourth-order valence-corrected chi connectivity index (χ4v) is 2.05. The molecule has 0 heterocycles. The zero-order chi connectivity index (χ0) is 13.5. The van der Waals surface area contributed by atoms with Gasteiger partial charge in [0.2, 0.25) is 5.91 Å². The predicted molar refractivity (Wildman–Crippen MR) is 73.7 cm³/mol. The third-order valence-corrected chi connectivity index (χ3v) is 2.69.